The van der Waals surface area contributed by atoms with E-state index in [2.05, 4.69) is 16.0 Å². The Hall–Kier alpha value is -5.55. The van der Waals surface area contributed by atoms with E-state index in [0.717, 1.165) is 4.90 Å². The van der Waals surface area contributed by atoms with Gasteiger partial charge >= 0.3 is 5.97 Å². The fourth-order valence-electron chi connectivity index (χ4n) is 4.22. The second-order valence-corrected chi connectivity index (χ2v) is 11.2. The van der Waals surface area contributed by atoms with Crippen LogP contribution in [0, 0.1) is 0 Å². The third-order valence-corrected chi connectivity index (χ3v) is 7.77. The van der Waals surface area contributed by atoms with E-state index in [0.29, 0.717) is 34.0 Å². The Balaban J connectivity index is 1.48. The van der Waals surface area contributed by atoms with Crippen molar-refractivity contribution in [2.75, 3.05) is 32.0 Å². The molecule has 0 bridgehead atoms. The molecule has 0 heterocycles. The predicted molar refractivity (Wildman–Crippen MR) is 178 cm³/mol. The number of anilines is 2. The van der Waals surface area contributed by atoms with Crippen LogP contribution >= 0.6 is 11.8 Å². The Morgan fingerprint density at radius 2 is 1.48 bits per heavy atom. The van der Waals surface area contributed by atoms with Crippen molar-refractivity contribution in [1.82, 2.24) is 5.32 Å². The van der Waals surface area contributed by atoms with Crippen LogP contribution in [0.1, 0.15) is 33.2 Å². The van der Waals surface area contributed by atoms with Crippen LogP contribution in [0.3, 0.4) is 0 Å². The maximum atomic E-state index is 13.5. The monoisotopic (exact) mass is 639 g/mol. The maximum Gasteiger partial charge on any atom is 0.339 e. The van der Waals surface area contributed by atoms with E-state index in [1.165, 1.54) is 39.2 Å². The second kappa shape index (κ2) is 16.0. The van der Waals surface area contributed by atoms with Crippen molar-refractivity contribution in [3.05, 3.63) is 119 Å². The van der Waals surface area contributed by atoms with Crippen LogP contribution in [-0.4, -0.2) is 50.3 Å². The summed E-state index contributed by atoms with van der Waals surface area (Å²) < 4.78 is 15.5. The van der Waals surface area contributed by atoms with Crippen LogP contribution < -0.4 is 25.4 Å². The molecule has 3 N–H and O–H groups in total. The number of methoxy groups -OCH3 is 3. The zero-order chi connectivity index (χ0) is 33.1. The molecular formula is C35H33N3O7S. The van der Waals surface area contributed by atoms with Gasteiger partial charge in [-0.1, -0.05) is 30.3 Å². The Morgan fingerprint density at radius 3 is 2.15 bits per heavy atom. The van der Waals surface area contributed by atoms with Crippen molar-refractivity contribution < 1.29 is 33.4 Å². The van der Waals surface area contributed by atoms with Crippen molar-refractivity contribution in [2.24, 2.45) is 0 Å². The first-order valence-electron chi connectivity index (χ1n) is 14.1. The lowest BCUT2D eigenvalue weighted by atomic mass is 10.1. The third kappa shape index (κ3) is 8.76. The van der Waals surface area contributed by atoms with E-state index in [4.69, 9.17) is 14.2 Å². The van der Waals surface area contributed by atoms with E-state index >= 15 is 0 Å². The van der Waals surface area contributed by atoms with Crippen LogP contribution in [0.4, 0.5) is 11.4 Å². The predicted octanol–water partition coefficient (Wildman–Crippen LogP) is 6.02. The molecule has 10 nitrogen and oxygen atoms in total. The zero-order valence-electron chi connectivity index (χ0n) is 25.7. The van der Waals surface area contributed by atoms with Gasteiger partial charge in [-0.05, 0) is 73.7 Å². The Morgan fingerprint density at radius 1 is 0.783 bits per heavy atom. The first-order chi connectivity index (χ1) is 22.2. The van der Waals surface area contributed by atoms with Crippen LogP contribution in [-0.2, 0) is 14.3 Å². The van der Waals surface area contributed by atoms with Crippen LogP contribution in [0.2, 0.25) is 0 Å². The number of hydrogen-bond donors (Lipinski definition) is 3. The standard InChI is InChI=1S/C35H33N3O7S/c1-22(32(39)37-29-13-9-8-12-28(29)35(42)45-4)46-27-18-15-25(16-19-27)36-34(41)30(38-33(40)23-10-6-5-7-11-23)20-24-14-17-26(43-2)21-31(24)44-3/h5-22H,1-4H3,(H,36,41)(H,37,39)(H,38,40)/b30-20-. The minimum Gasteiger partial charge on any atom is -0.497 e. The number of carbonyl (C=O) groups is 4. The number of para-hydroxylation sites is 1. The van der Waals surface area contributed by atoms with Gasteiger partial charge in [0.1, 0.15) is 17.2 Å². The lowest BCUT2D eigenvalue weighted by molar-refractivity contribution is -0.115. The highest BCUT2D eigenvalue weighted by atomic mass is 32.2. The molecular weight excluding hydrogens is 606 g/mol. The van der Waals surface area contributed by atoms with Crippen molar-refractivity contribution in [3.63, 3.8) is 0 Å². The van der Waals surface area contributed by atoms with E-state index < -0.39 is 23.0 Å². The molecule has 1 unspecified atom stereocenters. The average molecular weight is 640 g/mol. The van der Waals surface area contributed by atoms with Crippen LogP contribution in [0.15, 0.2) is 108 Å². The largest absolute Gasteiger partial charge is 0.497 e. The molecule has 11 heteroatoms. The Kier molecular flexibility index (Phi) is 11.6. The second-order valence-electron chi connectivity index (χ2n) is 9.75. The number of ether oxygens (including phenoxy) is 3. The van der Waals surface area contributed by atoms with Gasteiger partial charge in [-0.15, -0.1) is 11.8 Å². The molecule has 0 saturated carbocycles. The molecule has 0 aliphatic heterocycles. The highest BCUT2D eigenvalue weighted by Gasteiger charge is 2.20. The highest BCUT2D eigenvalue weighted by molar-refractivity contribution is 8.00. The molecule has 0 fully saturated rings. The first-order valence-corrected chi connectivity index (χ1v) is 15.0. The van der Waals surface area contributed by atoms with Crippen LogP contribution in [0.5, 0.6) is 11.5 Å². The molecule has 0 spiro atoms. The SMILES string of the molecule is COC(=O)c1ccccc1NC(=O)C(C)Sc1ccc(NC(=O)/C(=C/c2ccc(OC)cc2OC)NC(=O)c2ccccc2)cc1. The summed E-state index contributed by atoms with van der Waals surface area (Å²) in [6, 6.07) is 27.2. The van der Waals surface area contributed by atoms with Crippen molar-refractivity contribution in [2.45, 2.75) is 17.1 Å². The fourth-order valence-corrected chi connectivity index (χ4v) is 5.09. The Labute approximate surface area is 271 Å². The number of thioether (sulfide) groups is 1. The minimum absolute atomic E-state index is 0.00620. The molecule has 4 aromatic rings. The van der Waals surface area contributed by atoms with Gasteiger partial charge in [0, 0.05) is 27.8 Å². The maximum absolute atomic E-state index is 13.5. The molecule has 0 saturated heterocycles. The summed E-state index contributed by atoms with van der Waals surface area (Å²) in [6.45, 7) is 1.75. The topological polar surface area (TPSA) is 132 Å². The minimum atomic E-state index is -0.556. The van der Waals surface area contributed by atoms with E-state index in [1.54, 1.807) is 104 Å². The molecule has 0 aromatic heterocycles. The van der Waals surface area contributed by atoms with Gasteiger partial charge in [-0.3, -0.25) is 14.4 Å². The zero-order valence-corrected chi connectivity index (χ0v) is 26.5. The number of esters is 1. The molecule has 46 heavy (non-hydrogen) atoms. The quantitative estimate of drug-likeness (QED) is 0.0975. The van der Waals surface area contributed by atoms with Gasteiger partial charge in [-0.2, -0.15) is 0 Å². The molecule has 236 valence electrons. The summed E-state index contributed by atoms with van der Waals surface area (Å²) in [5.74, 6) is -0.829. The molecule has 0 aliphatic carbocycles. The number of hydrogen-bond acceptors (Lipinski definition) is 8. The normalized spacial score (nSPS) is 11.5. The van der Waals surface area contributed by atoms with Gasteiger partial charge in [0.15, 0.2) is 0 Å². The third-order valence-electron chi connectivity index (χ3n) is 6.65. The molecule has 4 aromatic carbocycles. The molecule has 4 rings (SSSR count). The van der Waals surface area contributed by atoms with Gasteiger partial charge in [0.05, 0.1) is 37.8 Å². The summed E-state index contributed by atoms with van der Waals surface area (Å²) >= 11 is 1.31. The highest BCUT2D eigenvalue weighted by Crippen LogP contribution is 2.28. The number of benzene rings is 4. The summed E-state index contributed by atoms with van der Waals surface area (Å²) in [4.78, 5) is 52.2. The van der Waals surface area contributed by atoms with Gasteiger partial charge in [-0.25, -0.2) is 4.79 Å². The molecule has 1 atom stereocenters. The van der Waals surface area contributed by atoms with Gasteiger partial charge in [0.2, 0.25) is 5.91 Å². The number of carbonyl (C=O) groups excluding carboxylic acids is 4. The lowest BCUT2D eigenvalue weighted by Gasteiger charge is -2.15. The summed E-state index contributed by atoms with van der Waals surface area (Å²) in [6.07, 6.45) is 1.53. The number of rotatable bonds is 12. The van der Waals surface area contributed by atoms with E-state index in [9.17, 15) is 19.2 Å². The molecule has 0 aliphatic rings. The van der Waals surface area contributed by atoms with Crippen molar-refractivity contribution in [1.29, 1.82) is 0 Å². The summed E-state index contributed by atoms with van der Waals surface area (Å²) in [5.41, 5.74) is 2.02. The van der Waals surface area contributed by atoms with E-state index in [1.807, 2.05) is 0 Å². The average Bonchev–Trinajstić information content (AvgIpc) is 3.09. The summed E-state index contributed by atoms with van der Waals surface area (Å²) in [5, 5.41) is 7.81. The lowest BCUT2D eigenvalue weighted by Crippen LogP contribution is -2.30. The van der Waals surface area contributed by atoms with Crippen LogP contribution in [0.25, 0.3) is 6.08 Å². The summed E-state index contributed by atoms with van der Waals surface area (Å²) in [7, 11) is 4.32. The molecule has 3 amide bonds. The van der Waals surface area contributed by atoms with Gasteiger partial charge in [0.25, 0.3) is 11.8 Å². The first kappa shape index (κ1) is 33.3. The number of amides is 3. The van der Waals surface area contributed by atoms with E-state index in [-0.39, 0.29) is 17.2 Å². The smallest absolute Gasteiger partial charge is 0.339 e. The van der Waals surface area contributed by atoms with Crippen molar-refractivity contribution >= 4 is 52.9 Å². The Bertz CT molecular complexity index is 1740. The number of nitrogens with one attached hydrogen (secondary N) is 3. The fraction of sp³-hybridized carbons (Fsp3) is 0.143. The molecule has 0 radical (unpaired) electrons. The van der Waals surface area contributed by atoms with Crippen molar-refractivity contribution in [3.8, 4) is 11.5 Å². The van der Waals surface area contributed by atoms with Gasteiger partial charge < -0.3 is 30.2 Å².